The Bertz CT molecular complexity index is 1290. The molecule has 258 valence electrons. The number of hydroxylamine groups is 1. The Hall–Kier alpha value is -1.83. The second kappa shape index (κ2) is 13.2. The molecule has 2 saturated carbocycles. The van der Waals surface area contributed by atoms with Crippen molar-refractivity contribution in [3.05, 3.63) is 29.3 Å². The summed E-state index contributed by atoms with van der Waals surface area (Å²) in [6.07, 6.45) is -1.89. The third-order valence-corrected chi connectivity index (χ3v) is 13.4. The van der Waals surface area contributed by atoms with E-state index in [9.17, 15) is 36.2 Å². The largest absolute Gasteiger partial charge is 0.453 e. The van der Waals surface area contributed by atoms with E-state index in [1.807, 2.05) is 12.1 Å². The third kappa shape index (κ3) is 6.59. The fourth-order valence-electron chi connectivity index (χ4n) is 9.53. The van der Waals surface area contributed by atoms with Crippen LogP contribution < -0.4 is 10.2 Å². The Morgan fingerprint density at radius 3 is 2.52 bits per heavy atom. The number of likely N-dealkylation sites (tertiary alicyclic amines) is 1. The number of benzene rings is 1. The molecule has 1 aromatic rings. The van der Waals surface area contributed by atoms with Crippen LogP contribution in [0.3, 0.4) is 0 Å². The average Bonchev–Trinajstić information content (AvgIpc) is 3.69. The van der Waals surface area contributed by atoms with E-state index >= 15 is 0 Å². The molecule has 5 aliphatic rings. The minimum atomic E-state index is -5.59. The van der Waals surface area contributed by atoms with Crippen LogP contribution >= 0.6 is 0 Å². The van der Waals surface area contributed by atoms with Gasteiger partial charge >= 0.3 is 18.2 Å². The Morgan fingerprint density at radius 1 is 1.11 bits per heavy atom. The lowest BCUT2D eigenvalue weighted by Gasteiger charge is -2.53. The third-order valence-electron chi connectivity index (χ3n) is 12.0. The number of rotatable bonds is 10. The first-order valence-electron chi connectivity index (χ1n) is 16.7. The van der Waals surface area contributed by atoms with Gasteiger partial charge in [-0.05, 0) is 104 Å². The van der Waals surface area contributed by atoms with E-state index in [-0.39, 0.29) is 35.0 Å². The summed E-state index contributed by atoms with van der Waals surface area (Å²) >= 11 is 0. The summed E-state index contributed by atoms with van der Waals surface area (Å²) < 4.78 is 88.1. The molecule has 13 heteroatoms. The Kier molecular flexibility index (Phi) is 9.79. The summed E-state index contributed by atoms with van der Waals surface area (Å²) in [5.74, 6) is -2.24. The van der Waals surface area contributed by atoms with Crippen molar-refractivity contribution in [1.82, 2.24) is 10.4 Å². The molecule has 4 fully saturated rings. The highest BCUT2D eigenvalue weighted by atomic mass is 32.2. The second-order valence-corrected chi connectivity index (χ2v) is 16.2. The quantitative estimate of drug-likeness (QED) is 0.212. The van der Waals surface area contributed by atoms with Crippen molar-refractivity contribution >= 4 is 16.9 Å². The summed E-state index contributed by atoms with van der Waals surface area (Å²) in [4.78, 5) is 14.8. The SMILES string of the molecule is C[C@]12CC[C@@H]3c4ccc(OC(=O)N5CC6COCC6C5)cc4C[C@@H](CCCS(=O)CCCC(F)(F)C(F)(F)F)[C@H]3[C@@H]1CCC2NO. The lowest BCUT2D eigenvalue weighted by molar-refractivity contribution is -0.284. The van der Waals surface area contributed by atoms with Crippen molar-refractivity contribution in [1.29, 1.82) is 0 Å². The number of halogens is 5. The van der Waals surface area contributed by atoms with Gasteiger partial charge in [0.15, 0.2) is 0 Å². The molecular formula is C33H45F5N2O5S. The van der Waals surface area contributed by atoms with Crippen molar-refractivity contribution in [3.63, 3.8) is 0 Å². The first-order valence-corrected chi connectivity index (χ1v) is 18.2. The molecule has 2 saturated heterocycles. The lowest BCUT2D eigenvalue weighted by Crippen LogP contribution is -2.50. The number of alkyl halides is 5. The van der Waals surface area contributed by atoms with Crippen molar-refractivity contribution in [3.8, 4) is 5.75 Å². The van der Waals surface area contributed by atoms with Crippen LogP contribution in [0.2, 0.25) is 0 Å². The maximum absolute atomic E-state index is 13.3. The van der Waals surface area contributed by atoms with Gasteiger partial charge in [0.25, 0.3) is 0 Å². The second-order valence-electron chi connectivity index (χ2n) is 14.5. The number of nitrogens with zero attached hydrogens (tertiary/aromatic N) is 1. The fourth-order valence-corrected chi connectivity index (χ4v) is 10.7. The van der Waals surface area contributed by atoms with Crippen LogP contribution in [0.15, 0.2) is 18.2 Å². The number of nitrogens with one attached hydrogen (secondary N) is 1. The van der Waals surface area contributed by atoms with Gasteiger partial charge in [-0.3, -0.25) is 4.21 Å². The van der Waals surface area contributed by atoms with Gasteiger partial charge in [-0.15, -0.1) is 0 Å². The van der Waals surface area contributed by atoms with Crippen molar-refractivity contribution < 1.29 is 45.6 Å². The van der Waals surface area contributed by atoms with E-state index in [0.717, 1.165) is 44.1 Å². The van der Waals surface area contributed by atoms with Gasteiger partial charge in [0.05, 0.1) is 13.2 Å². The molecule has 4 unspecified atom stereocenters. The zero-order valence-electron chi connectivity index (χ0n) is 26.2. The molecule has 7 nitrogen and oxygen atoms in total. The van der Waals surface area contributed by atoms with Crippen LogP contribution in [0.5, 0.6) is 5.75 Å². The Morgan fingerprint density at radius 2 is 1.83 bits per heavy atom. The number of fused-ring (bicyclic) bond motifs is 6. The summed E-state index contributed by atoms with van der Waals surface area (Å²) in [5, 5.41) is 9.94. The monoisotopic (exact) mass is 676 g/mol. The minimum Gasteiger partial charge on any atom is -0.410 e. The first kappa shape index (κ1) is 34.0. The first-order chi connectivity index (χ1) is 21.8. The predicted octanol–water partition coefficient (Wildman–Crippen LogP) is 6.70. The molecule has 0 radical (unpaired) electrons. The van der Waals surface area contributed by atoms with Gasteiger partial charge in [-0.25, -0.2) is 10.3 Å². The number of hydrogen-bond donors (Lipinski definition) is 2. The summed E-state index contributed by atoms with van der Waals surface area (Å²) in [5.41, 5.74) is 4.91. The van der Waals surface area contributed by atoms with E-state index in [1.165, 1.54) is 5.56 Å². The predicted molar refractivity (Wildman–Crippen MR) is 161 cm³/mol. The van der Waals surface area contributed by atoms with Crippen LogP contribution in [-0.2, 0) is 22.0 Å². The molecule has 2 aliphatic heterocycles. The highest BCUT2D eigenvalue weighted by Gasteiger charge is 2.57. The smallest absolute Gasteiger partial charge is 0.410 e. The maximum Gasteiger partial charge on any atom is 0.453 e. The maximum atomic E-state index is 13.3. The average molecular weight is 677 g/mol. The van der Waals surface area contributed by atoms with Crippen LogP contribution in [0.25, 0.3) is 0 Å². The molecule has 6 rings (SSSR count). The van der Waals surface area contributed by atoms with E-state index in [0.29, 0.717) is 68.1 Å². The van der Waals surface area contributed by atoms with Gasteiger partial charge < -0.3 is 19.6 Å². The highest BCUT2D eigenvalue weighted by molar-refractivity contribution is 7.84. The lowest BCUT2D eigenvalue weighted by atomic mass is 9.52. The molecule has 1 amide bonds. The fraction of sp³-hybridized carbons (Fsp3) is 0.788. The molecule has 9 atom stereocenters. The van der Waals surface area contributed by atoms with Crippen molar-refractivity contribution in [2.45, 2.75) is 88.8 Å². The van der Waals surface area contributed by atoms with E-state index in [1.54, 1.807) is 4.90 Å². The van der Waals surface area contributed by atoms with Crippen LogP contribution in [0, 0.1) is 35.0 Å². The Labute approximate surface area is 269 Å². The summed E-state index contributed by atoms with van der Waals surface area (Å²) in [7, 11) is -1.49. The zero-order valence-corrected chi connectivity index (χ0v) is 27.0. The normalized spacial score (nSPS) is 34.5. The molecule has 2 N–H and O–H groups in total. The molecule has 46 heavy (non-hydrogen) atoms. The number of carbonyl (C=O) groups excluding carboxylic acids is 1. The van der Waals surface area contributed by atoms with Crippen LogP contribution in [-0.4, -0.2) is 76.4 Å². The number of ether oxygens (including phenoxy) is 2. The topological polar surface area (TPSA) is 88.1 Å². The molecular weight excluding hydrogens is 631 g/mol. The zero-order chi connectivity index (χ0) is 32.9. The van der Waals surface area contributed by atoms with E-state index < -0.39 is 35.7 Å². The van der Waals surface area contributed by atoms with Gasteiger partial charge in [0, 0.05) is 59.7 Å². The number of hydrogen-bond acceptors (Lipinski definition) is 6. The molecule has 3 aliphatic carbocycles. The standard InChI is InChI=1S/C33H45F5N2O5S/c1-31-11-9-26-25-6-5-24(45-30(41)40-16-22-18-44-19-23(22)17-40)15-21(25)14-20(29(26)27(31)7-8-28(31)39-42)4-2-12-46(43)13-3-10-32(34,35)33(36,37)38/h5-6,15,20,22-23,26-29,39,42H,2-4,7-14,16-19H2,1H3/t20-,22?,23?,26-,27+,28?,29-,31+,46?/m1/s1. The minimum absolute atomic E-state index is 0.0151. The Balaban J connectivity index is 1.13. The van der Waals surface area contributed by atoms with E-state index in [4.69, 9.17) is 9.47 Å². The van der Waals surface area contributed by atoms with Gasteiger partial charge in [-0.2, -0.15) is 22.0 Å². The highest BCUT2D eigenvalue weighted by Crippen LogP contribution is 2.62. The van der Waals surface area contributed by atoms with Gasteiger partial charge in [0.1, 0.15) is 5.75 Å². The van der Waals surface area contributed by atoms with E-state index in [2.05, 4.69) is 18.5 Å². The molecule has 0 bridgehead atoms. The molecule has 1 aromatic carbocycles. The van der Waals surface area contributed by atoms with Gasteiger partial charge in [-0.1, -0.05) is 13.0 Å². The molecule has 0 spiro atoms. The van der Waals surface area contributed by atoms with Gasteiger partial charge in [0.2, 0.25) is 0 Å². The van der Waals surface area contributed by atoms with Crippen molar-refractivity contribution in [2.24, 2.45) is 35.0 Å². The van der Waals surface area contributed by atoms with Crippen LogP contribution in [0.4, 0.5) is 26.7 Å². The molecule has 0 aromatic heterocycles. The number of carbonyl (C=O) groups is 1. The van der Waals surface area contributed by atoms with Crippen LogP contribution in [0.1, 0.15) is 75.3 Å². The number of amides is 1. The van der Waals surface area contributed by atoms with Crippen molar-refractivity contribution in [2.75, 3.05) is 37.8 Å². The summed E-state index contributed by atoms with van der Waals surface area (Å²) in [6, 6.07) is 5.99. The summed E-state index contributed by atoms with van der Waals surface area (Å²) in [6.45, 7) is 4.88. The molecule has 2 heterocycles.